The van der Waals surface area contributed by atoms with Crippen molar-refractivity contribution < 1.29 is 0 Å². The average Bonchev–Trinajstić information content (AvgIpc) is 2.85. The van der Waals surface area contributed by atoms with E-state index in [2.05, 4.69) is 27.1 Å². The molecule has 1 aromatic heterocycles. The van der Waals surface area contributed by atoms with Crippen molar-refractivity contribution in [1.29, 1.82) is 0 Å². The third-order valence-electron chi connectivity index (χ3n) is 3.29. The van der Waals surface area contributed by atoms with E-state index in [1.165, 1.54) is 37.7 Å². The Hall–Kier alpha value is -0.160. The molecule has 1 saturated heterocycles. The second-order valence-electron chi connectivity index (χ2n) is 4.39. The molecule has 2 rings (SSSR count). The minimum absolute atomic E-state index is 0.533. The first-order valence-electron chi connectivity index (χ1n) is 6.25. The van der Waals surface area contributed by atoms with Crippen LogP contribution < -0.4 is 0 Å². The van der Waals surface area contributed by atoms with Crippen LogP contribution in [0.1, 0.15) is 17.6 Å². The van der Waals surface area contributed by atoms with E-state index in [1.54, 1.807) is 11.3 Å². The molecule has 1 aromatic rings. The van der Waals surface area contributed by atoms with Crippen LogP contribution in [0.2, 0.25) is 0 Å². The summed E-state index contributed by atoms with van der Waals surface area (Å²) in [5, 5.41) is 3.29. The summed E-state index contributed by atoms with van der Waals surface area (Å²) < 4.78 is 0. The van der Waals surface area contributed by atoms with Gasteiger partial charge in [-0.15, -0.1) is 22.9 Å². The Morgan fingerprint density at radius 1 is 1.29 bits per heavy atom. The second-order valence-corrected chi connectivity index (χ2v) is 5.60. The summed E-state index contributed by atoms with van der Waals surface area (Å²) in [6.45, 7) is 9.36. The van der Waals surface area contributed by atoms with Crippen molar-refractivity contribution in [2.45, 2.75) is 19.2 Å². The first-order chi connectivity index (χ1) is 8.31. The molecule has 0 aliphatic carbocycles. The summed E-state index contributed by atoms with van der Waals surface area (Å²) in [5.41, 5.74) is 1.02. The summed E-state index contributed by atoms with van der Waals surface area (Å²) in [6.07, 6.45) is 1.06. The van der Waals surface area contributed by atoms with Crippen LogP contribution in [0.25, 0.3) is 0 Å². The molecule has 0 bridgehead atoms. The molecular formula is C12H20ClN3S. The monoisotopic (exact) mass is 273 g/mol. The molecule has 3 nitrogen and oxygen atoms in total. The lowest BCUT2D eigenvalue weighted by atomic mass is 10.3. The molecule has 1 aliphatic heterocycles. The number of halogens is 1. The van der Waals surface area contributed by atoms with E-state index in [9.17, 15) is 0 Å². The maximum Gasteiger partial charge on any atom is 0.0941 e. The first-order valence-corrected chi connectivity index (χ1v) is 7.67. The van der Waals surface area contributed by atoms with E-state index < -0.39 is 0 Å². The summed E-state index contributed by atoms with van der Waals surface area (Å²) >= 11 is 7.48. The summed E-state index contributed by atoms with van der Waals surface area (Å²) in [6, 6.07) is 0. The molecule has 1 fully saturated rings. The van der Waals surface area contributed by atoms with Crippen LogP contribution in [-0.4, -0.2) is 54.1 Å². The van der Waals surface area contributed by atoms with E-state index in [-0.39, 0.29) is 0 Å². The molecule has 0 unspecified atom stereocenters. The van der Waals surface area contributed by atoms with Gasteiger partial charge in [-0.05, 0) is 6.54 Å². The Labute approximate surface area is 112 Å². The van der Waals surface area contributed by atoms with Gasteiger partial charge >= 0.3 is 0 Å². The highest BCUT2D eigenvalue weighted by Gasteiger charge is 2.15. The van der Waals surface area contributed by atoms with Crippen LogP contribution in [0, 0.1) is 0 Å². The quantitative estimate of drug-likeness (QED) is 0.766. The molecule has 0 radical (unpaired) electrons. The maximum atomic E-state index is 5.75. The molecule has 0 atom stereocenters. The third kappa shape index (κ3) is 3.91. The largest absolute Gasteiger partial charge is 0.301 e. The van der Waals surface area contributed by atoms with Crippen LogP contribution in [0.4, 0.5) is 0 Å². The van der Waals surface area contributed by atoms with Crippen molar-refractivity contribution in [3.63, 3.8) is 0 Å². The number of rotatable bonds is 5. The Balaban J connectivity index is 1.72. The topological polar surface area (TPSA) is 19.4 Å². The van der Waals surface area contributed by atoms with Crippen molar-refractivity contribution in [2.75, 3.05) is 39.3 Å². The normalized spacial score (nSPS) is 18.7. The standard InChI is InChI=1S/C12H20ClN3S/c1-2-15-5-7-16(8-6-15)4-3-12-14-11(9-13)10-17-12/h10H,2-9H2,1H3. The fraction of sp³-hybridized carbons (Fsp3) is 0.750. The van der Waals surface area contributed by atoms with Crippen LogP contribution in [0.3, 0.4) is 0 Å². The molecule has 0 amide bonds. The van der Waals surface area contributed by atoms with Gasteiger partial charge in [-0.3, -0.25) is 0 Å². The van der Waals surface area contributed by atoms with Gasteiger partial charge in [-0.2, -0.15) is 0 Å². The third-order valence-corrected chi connectivity index (χ3v) is 4.52. The van der Waals surface area contributed by atoms with Gasteiger partial charge in [-0.1, -0.05) is 6.92 Å². The molecular weight excluding hydrogens is 254 g/mol. The molecule has 0 saturated carbocycles. The average molecular weight is 274 g/mol. The highest BCUT2D eigenvalue weighted by Crippen LogP contribution is 2.13. The summed E-state index contributed by atoms with van der Waals surface area (Å²) in [7, 11) is 0. The van der Waals surface area contributed by atoms with E-state index in [4.69, 9.17) is 11.6 Å². The van der Waals surface area contributed by atoms with Crippen molar-refractivity contribution in [1.82, 2.24) is 14.8 Å². The Morgan fingerprint density at radius 2 is 2.00 bits per heavy atom. The second kappa shape index (κ2) is 6.69. The molecule has 5 heteroatoms. The molecule has 0 N–H and O–H groups in total. The van der Waals surface area contributed by atoms with Gasteiger partial charge in [0.1, 0.15) is 0 Å². The number of alkyl halides is 1. The SMILES string of the molecule is CCN1CCN(CCc2nc(CCl)cs2)CC1. The smallest absolute Gasteiger partial charge is 0.0941 e. The minimum Gasteiger partial charge on any atom is -0.301 e. The van der Waals surface area contributed by atoms with E-state index in [0.29, 0.717) is 5.88 Å². The van der Waals surface area contributed by atoms with E-state index in [0.717, 1.165) is 18.7 Å². The lowest BCUT2D eigenvalue weighted by Gasteiger charge is -2.33. The Kier molecular flexibility index (Phi) is 5.22. The van der Waals surface area contributed by atoms with Crippen molar-refractivity contribution in [2.24, 2.45) is 0 Å². The van der Waals surface area contributed by atoms with Crippen LogP contribution >= 0.6 is 22.9 Å². The minimum atomic E-state index is 0.533. The van der Waals surface area contributed by atoms with Gasteiger partial charge in [0, 0.05) is 44.5 Å². The summed E-state index contributed by atoms with van der Waals surface area (Å²) in [5.74, 6) is 0.533. The number of likely N-dealkylation sites (N-methyl/N-ethyl adjacent to an activating group) is 1. The fourth-order valence-corrected chi connectivity index (χ4v) is 3.12. The van der Waals surface area contributed by atoms with Gasteiger partial charge in [0.05, 0.1) is 16.6 Å². The zero-order valence-electron chi connectivity index (χ0n) is 10.4. The van der Waals surface area contributed by atoms with Crippen LogP contribution in [-0.2, 0) is 12.3 Å². The number of hydrogen-bond donors (Lipinski definition) is 0. The van der Waals surface area contributed by atoms with Crippen molar-refractivity contribution >= 4 is 22.9 Å². The fourth-order valence-electron chi connectivity index (χ4n) is 2.11. The Bertz CT molecular complexity index is 334. The lowest BCUT2D eigenvalue weighted by Crippen LogP contribution is -2.46. The predicted molar refractivity (Wildman–Crippen MR) is 73.9 cm³/mol. The van der Waals surface area contributed by atoms with Crippen LogP contribution in [0.15, 0.2) is 5.38 Å². The molecule has 17 heavy (non-hydrogen) atoms. The van der Waals surface area contributed by atoms with Gasteiger partial charge in [-0.25, -0.2) is 4.98 Å². The van der Waals surface area contributed by atoms with Gasteiger partial charge in [0.25, 0.3) is 0 Å². The molecule has 0 spiro atoms. The predicted octanol–water partition coefficient (Wildman–Crippen LogP) is 2.06. The van der Waals surface area contributed by atoms with E-state index >= 15 is 0 Å². The lowest BCUT2D eigenvalue weighted by molar-refractivity contribution is 0.138. The molecule has 2 heterocycles. The number of nitrogens with zero attached hydrogens (tertiary/aromatic N) is 3. The maximum absolute atomic E-state index is 5.75. The number of aromatic nitrogens is 1. The first kappa shape index (κ1) is 13.3. The van der Waals surface area contributed by atoms with Gasteiger partial charge < -0.3 is 9.80 Å². The zero-order valence-corrected chi connectivity index (χ0v) is 11.9. The number of piperazine rings is 1. The van der Waals surface area contributed by atoms with E-state index in [1.807, 2.05) is 0 Å². The van der Waals surface area contributed by atoms with Crippen LogP contribution in [0.5, 0.6) is 0 Å². The van der Waals surface area contributed by atoms with Crippen molar-refractivity contribution in [3.05, 3.63) is 16.1 Å². The molecule has 1 aliphatic rings. The number of hydrogen-bond acceptors (Lipinski definition) is 4. The Morgan fingerprint density at radius 3 is 2.59 bits per heavy atom. The van der Waals surface area contributed by atoms with Gasteiger partial charge in [0.15, 0.2) is 0 Å². The van der Waals surface area contributed by atoms with Crippen molar-refractivity contribution in [3.8, 4) is 0 Å². The van der Waals surface area contributed by atoms with Gasteiger partial charge in [0.2, 0.25) is 0 Å². The highest BCUT2D eigenvalue weighted by molar-refractivity contribution is 7.09. The molecule has 96 valence electrons. The number of thiazole rings is 1. The molecule has 0 aromatic carbocycles. The summed E-state index contributed by atoms with van der Waals surface area (Å²) in [4.78, 5) is 9.53. The highest BCUT2D eigenvalue weighted by atomic mass is 35.5. The zero-order chi connectivity index (χ0) is 12.1.